The van der Waals surface area contributed by atoms with Crippen LogP contribution >= 0.6 is 0 Å². The van der Waals surface area contributed by atoms with E-state index < -0.39 is 0 Å². The Morgan fingerprint density at radius 3 is 2.83 bits per heavy atom. The van der Waals surface area contributed by atoms with E-state index in [0.29, 0.717) is 5.78 Å². The molecule has 1 N–H and O–H groups in total. The highest BCUT2D eigenvalue weighted by molar-refractivity contribution is 5.91. The van der Waals surface area contributed by atoms with Gasteiger partial charge in [0.05, 0.1) is 13.2 Å². The topological polar surface area (TPSA) is 84.7 Å². The van der Waals surface area contributed by atoms with Gasteiger partial charge in [0.1, 0.15) is 0 Å². The number of hydrogen-bond donors (Lipinski definition) is 1. The van der Waals surface area contributed by atoms with Gasteiger partial charge in [0.2, 0.25) is 5.82 Å². The van der Waals surface area contributed by atoms with Crippen molar-refractivity contribution in [3.8, 4) is 0 Å². The molecule has 0 saturated carbocycles. The highest BCUT2D eigenvalue weighted by Gasteiger charge is 2.19. The predicted octanol–water partition coefficient (Wildman–Crippen LogP) is 0.192. The summed E-state index contributed by atoms with van der Waals surface area (Å²) in [6.07, 6.45) is 0. The van der Waals surface area contributed by atoms with Gasteiger partial charge in [-0.25, -0.2) is 9.50 Å². The highest BCUT2D eigenvalue weighted by atomic mass is 16.5. The van der Waals surface area contributed by atoms with Crippen LogP contribution < -0.4 is 5.32 Å². The molecule has 0 aromatic carbocycles. The summed E-state index contributed by atoms with van der Waals surface area (Å²) in [7, 11) is 0. The van der Waals surface area contributed by atoms with Gasteiger partial charge >= 0.3 is 0 Å². The van der Waals surface area contributed by atoms with E-state index in [2.05, 4.69) is 25.3 Å². The number of nitrogens with zero attached hydrogens (tertiary/aromatic N) is 5. The normalized spacial score (nSPS) is 17.3. The maximum Gasteiger partial charge on any atom is 0.291 e. The van der Waals surface area contributed by atoms with Crippen LogP contribution in [0.3, 0.4) is 0 Å². The summed E-state index contributed by atoms with van der Waals surface area (Å²) in [5, 5.41) is 7.20. The molecule has 23 heavy (non-hydrogen) atoms. The molecule has 2 aromatic rings. The predicted molar refractivity (Wildman–Crippen MR) is 84.4 cm³/mol. The lowest BCUT2D eigenvalue weighted by atomic mass is 10.3. The third-order valence-electron chi connectivity index (χ3n) is 3.83. The summed E-state index contributed by atoms with van der Waals surface area (Å²) in [6.45, 7) is 9.88. The lowest BCUT2D eigenvalue weighted by Gasteiger charge is -2.29. The first kappa shape index (κ1) is 15.8. The molecule has 3 heterocycles. The molecule has 1 fully saturated rings. The number of rotatable bonds is 4. The van der Waals surface area contributed by atoms with E-state index in [0.717, 1.165) is 44.2 Å². The number of aromatic nitrogens is 4. The van der Waals surface area contributed by atoms with Gasteiger partial charge < -0.3 is 10.1 Å². The molecule has 8 nitrogen and oxygen atoms in total. The fraction of sp³-hybridized carbons (Fsp3) is 0.600. The Bertz CT molecular complexity index is 707. The van der Waals surface area contributed by atoms with Gasteiger partial charge in [-0.2, -0.15) is 4.98 Å². The number of hydrogen-bond acceptors (Lipinski definition) is 6. The van der Waals surface area contributed by atoms with Crippen LogP contribution in [-0.4, -0.2) is 69.3 Å². The second kappa shape index (κ2) is 6.59. The van der Waals surface area contributed by atoms with Crippen LogP contribution in [0.25, 0.3) is 5.78 Å². The molecule has 2 aromatic heterocycles. The van der Waals surface area contributed by atoms with Crippen LogP contribution in [-0.2, 0) is 4.74 Å². The molecule has 1 saturated heterocycles. The average molecular weight is 318 g/mol. The number of carbonyl (C=O) groups is 1. The van der Waals surface area contributed by atoms with E-state index in [1.807, 2.05) is 26.8 Å². The fourth-order valence-electron chi connectivity index (χ4n) is 2.77. The minimum Gasteiger partial charge on any atom is -0.379 e. The maximum absolute atomic E-state index is 12.3. The Kier molecular flexibility index (Phi) is 4.53. The van der Waals surface area contributed by atoms with E-state index in [-0.39, 0.29) is 17.8 Å². The smallest absolute Gasteiger partial charge is 0.291 e. The van der Waals surface area contributed by atoms with Gasteiger partial charge in [0, 0.05) is 37.1 Å². The van der Waals surface area contributed by atoms with Gasteiger partial charge in [0.25, 0.3) is 11.7 Å². The van der Waals surface area contributed by atoms with Crippen molar-refractivity contribution < 1.29 is 9.53 Å². The monoisotopic (exact) mass is 318 g/mol. The number of nitrogens with one attached hydrogen (secondary N) is 1. The first-order valence-electron chi connectivity index (χ1n) is 7.85. The summed E-state index contributed by atoms with van der Waals surface area (Å²) in [5.74, 6) is 0.335. The number of carbonyl (C=O) groups excluding carboxylic acids is 1. The van der Waals surface area contributed by atoms with Crippen LogP contribution in [0.15, 0.2) is 6.07 Å². The molecule has 0 bridgehead atoms. The second-order valence-electron chi connectivity index (χ2n) is 5.97. The van der Waals surface area contributed by atoms with Crippen molar-refractivity contribution in [2.24, 2.45) is 0 Å². The zero-order chi connectivity index (χ0) is 16.4. The van der Waals surface area contributed by atoms with Gasteiger partial charge in [-0.15, -0.1) is 5.10 Å². The first-order valence-corrected chi connectivity index (χ1v) is 7.85. The van der Waals surface area contributed by atoms with Gasteiger partial charge in [0.15, 0.2) is 0 Å². The zero-order valence-electron chi connectivity index (χ0n) is 13.7. The number of amides is 1. The van der Waals surface area contributed by atoms with Gasteiger partial charge in [-0.1, -0.05) is 0 Å². The van der Waals surface area contributed by atoms with E-state index in [1.54, 1.807) is 4.52 Å². The Hall–Kier alpha value is -2.06. The molecule has 0 radical (unpaired) electrons. The molecule has 0 unspecified atom stereocenters. The second-order valence-corrected chi connectivity index (χ2v) is 5.97. The molecular formula is C15H22N6O2. The van der Waals surface area contributed by atoms with Crippen LogP contribution in [0.1, 0.15) is 28.9 Å². The minimum atomic E-state index is -0.270. The largest absolute Gasteiger partial charge is 0.379 e. The third-order valence-corrected chi connectivity index (χ3v) is 3.83. The molecule has 8 heteroatoms. The molecule has 1 aliphatic heterocycles. The van der Waals surface area contributed by atoms with E-state index in [4.69, 9.17) is 4.74 Å². The third kappa shape index (κ3) is 3.65. The molecule has 0 aliphatic carbocycles. The molecule has 1 aliphatic rings. The minimum absolute atomic E-state index is 0.0167. The summed E-state index contributed by atoms with van der Waals surface area (Å²) in [4.78, 5) is 23.1. The molecule has 0 spiro atoms. The average Bonchev–Trinajstić information content (AvgIpc) is 2.92. The van der Waals surface area contributed by atoms with E-state index >= 15 is 0 Å². The zero-order valence-corrected chi connectivity index (χ0v) is 13.7. The van der Waals surface area contributed by atoms with Gasteiger partial charge in [-0.05, 0) is 26.8 Å². The Morgan fingerprint density at radius 1 is 1.35 bits per heavy atom. The number of morpholine rings is 1. The first-order chi connectivity index (χ1) is 11.0. The highest BCUT2D eigenvalue weighted by Crippen LogP contribution is 2.06. The Morgan fingerprint density at radius 2 is 2.09 bits per heavy atom. The van der Waals surface area contributed by atoms with Crippen LogP contribution in [0.2, 0.25) is 0 Å². The van der Waals surface area contributed by atoms with Gasteiger partial charge in [-0.3, -0.25) is 9.69 Å². The summed E-state index contributed by atoms with van der Waals surface area (Å²) < 4.78 is 6.92. The molecular weight excluding hydrogens is 296 g/mol. The lowest BCUT2D eigenvalue weighted by molar-refractivity contribution is 0.0342. The molecule has 124 valence electrons. The molecule has 1 amide bonds. The Balaban J connectivity index is 1.66. The van der Waals surface area contributed by atoms with Crippen molar-refractivity contribution in [3.05, 3.63) is 23.3 Å². The standard InChI is InChI=1S/C15H22N6O2/c1-10-8-12(3)21-15(17-10)18-13(19-21)14(22)16-11(2)9-20-4-6-23-7-5-20/h8,11H,4-7,9H2,1-3H3,(H,16,22)/t11-/m0/s1. The van der Waals surface area contributed by atoms with Crippen molar-refractivity contribution in [1.82, 2.24) is 29.8 Å². The van der Waals surface area contributed by atoms with Crippen LogP contribution in [0.5, 0.6) is 0 Å². The Labute approximate surface area is 134 Å². The summed E-state index contributed by atoms with van der Waals surface area (Å²) in [6, 6.07) is 1.92. The van der Waals surface area contributed by atoms with Crippen LogP contribution in [0.4, 0.5) is 0 Å². The van der Waals surface area contributed by atoms with Crippen molar-refractivity contribution in [2.75, 3.05) is 32.8 Å². The lowest BCUT2D eigenvalue weighted by Crippen LogP contribution is -2.46. The van der Waals surface area contributed by atoms with Crippen LogP contribution in [0, 0.1) is 13.8 Å². The van der Waals surface area contributed by atoms with E-state index in [9.17, 15) is 4.79 Å². The van der Waals surface area contributed by atoms with E-state index in [1.165, 1.54) is 0 Å². The maximum atomic E-state index is 12.3. The van der Waals surface area contributed by atoms with Crippen molar-refractivity contribution in [3.63, 3.8) is 0 Å². The number of aryl methyl sites for hydroxylation is 2. The number of ether oxygens (including phenoxy) is 1. The summed E-state index contributed by atoms with van der Waals surface area (Å²) in [5.41, 5.74) is 1.76. The quantitative estimate of drug-likeness (QED) is 0.866. The van der Waals surface area contributed by atoms with Crippen molar-refractivity contribution in [2.45, 2.75) is 26.8 Å². The van der Waals surface area contributed by atoms with Crippen molar-refractivity contribution in [1.29, 1.82) is 0 Å². The molecule has 3 rings (SSSR count). The number of fused-ring (bicyclic) bond motifs is 1. The fourth-order valence-corrected chi connectivity index (χ4v) is 2.77. The van der Waals surface area contributed by atoms with Crippen molar-refractivity contribution >= 4 is 11.7 Å². The SMILES string of the molecule is Cc1cc(C)n2nc(C(=O)N[C@@H](C)CN3CCOCC3)nc2n1. The summed E-state index contributed by atoms with van der Waals surface area (Å²) >= 11 is 0. The molecule has 1 atom stereocenters.